The molecule has 2 aliphatic carbocycles. The molecule has 3 heterocycles. The number of hydrogen-bond donors (Lipinski definition) is 2. The summed E-state index contributed by atoms with van der Waals surface area (Å²) in [6.07, 6.45) is 2.21. The fourth-order valence-electron chi connectivity index (χ4n) is 10.0. The Labute approximate surface area is 344 Å². The van der Waals surface area contributed by atoms with Crippen LogP contribution in [0.4, 0.5) is 17.1 Å². The minimum atomic E-state index is -1.67. The van der Waals surface area contributed by atoms with Crippen LogP contribution in [0.1, 0.15) is 29.9 Å². The lowest BCUT2D eigenvalue weighted by Crippen LogP contribution is -2.53. The molecule has 4 amide bonds. The second-order valence-corrected chi connectivity index (χ2v) is 16.1. The number of allylic oxidation sites excluding steroid dienone is 2. The van der Waals surface area contributed by atoms with Gasteiger partial charge < -0.3 is 24.2 Å². The van der Waals surface area contributed by atoms with E-state index in [9.17, 15) is 14.7 Å². The lowest BCUT2D eigenvalue weighted by Gasteiger charge is -2.50. The number of phenols is 1. The normalized spacial score (nSPS) is 26.6. The van der Waals surface area contributed by atoms with Gasteiger partial charge in [0, 0.05) is 35.3 Å². The van der Waals surface area contributed by atoms with Gasteiger partial charge >= 0.3 is 0 Å². The van der Waals surface area contributed by atoms with Gasteiger partial charge in [-0.05, 0) is 91.1 Å². The standard InChI is InChI=1S/C44H40Cl2N4O8/c1-56-28-13-6-24(7-14-28)44-32(41(53)50(43(44)55)47-34-17-8-25(45)22-33(34)46)23-31-29(39(44)38-35(51)4-3-5-36(38)57-2)15-16-30-37(31)42(54)49(40(30)52)27-11-9-26(10-12-27)48-18-20-58-21-19-48/h3-15,17,22,30-32,37,39,47,51H,16,18-21,23H2,1-2H3/t30-,31+,32-,37-,39+,44+/m0/s1. The molecule has 1 saturated carbocycles. The van der Waals surface area contributed by atoms with Crippen LogP contribution in [0.5, 0.6) is 17.2 Å². The Balaban J connectivity index is 1.19. The highest BCUT2D eigenvalue weighted by Gasteiger charge is 2.71. The number of nitrogens with one attached hydrogen (secondary N) is 1. The van der Waals surface area contributed by atoms with Crippen LogP contribution in [0.15, 0.2) is 96.6 Å². The maximum atomic E-state index is 15.6. The van der Waals surface area contributed by atoms with Crippen molar-refractivity contribution in [3.05, 3.63) is 118 Å². The molecule has 14 heteroatoms. The van der Waals surface area contributed by atoms with Crippen LogP contribution < -0.4 is 24.7 Å². The van der Waals surface area contributed by atoms with Crippen molar-refractivity contribution in [2.75, 3.05) is 55.7 Å². The zero-order valence-electron chi connectivity index (χ0n) is 31.7. The number of fused-ring (bicyclic) bond motifs is 4. The molecular weight excluding hydrogens is 783 g/mol. The van der Waals surface area contributed by atoms with Gasteiger partial charge in [-0.15, -0.1) is 0 Å². The molecule has 0 aromatic heterocycles. The SMILES string of the molecule is COc1ccc([C@@]23C(=O)N(Nc4ccc(Cl)cc4Cl)C(=O)[C@@H]2C[C@@H]2C(=CC[C@@H]4C(=O)N(c5ccc(N6CCOCC6)cc5)C(=O)[C@@H]42)[C@@H]3c2c(O)cccc2OC)cc1. The summed E-state index contributed by atoms with van der Waals surface area (Å²) in [4.78, 5) is 63.2. The number of carbonyl (C=O) groups is 4. The van der Waals surface area contributed by atoms with E-state index in [4.69, 9.17) is 37.4 Å². The van der Waals surface area contributed by atoms with Gasteiger partial charge in [-0.3, -0.25) is 29.5 Å². The maximum Gasteiger partial charge on any atom is 0.260 e. The molecular formula is C44H40Cl2N4O8. The molecule has 0 unspecified atom stereocenters. The van der Waals surface area contributed by atoms with E-state index >= 15 is 9.59 Å². The summed E-state index contributed by atoms with van der Waals surface area (Å²) < 4.78 is 16.9. The number of imide groups is 2. The number of rotatable bonds is 8. The van der Waals surface area contributed by atoms with E-state index in [1.165, 1.54) is 31.3 Å². The largest absolute Gasteiger partial charge is 0.508 e. The number of aromatic hydroxyl groups is 1. The van der Waals surface area contributed by atoms with Crippen LogP contribution in [-0.4, -0.2) is 74.3 Å². The summed E-state index contributed by atoms with van der Waals surface area (Å²) in [5.74, 6) is -5.44. The highest BCUT2D eigenvalue weighted by atomic mass is 35.5. The van der Waals surface area contributed by atoms with Crippen LogP contribution in [0.2, 0.25) is 10.0 Å². The quantitative estimate of drug-likeness (QED) is 0.145. The Morgan fingerprint density at radius 2 is 1.55 bits per heavy atom. The smallest absolute Gasteiger partial charge is 0.260 e. The molecule has 3 aliphatic heterocycles. The van der Waals surface area contributed by atoms with Crippen molar-refractivity contribution < 1.29 is 38.5 Å². The minimum absolute atomic E-state index is 0.0609. The molecule has 4 aromatic carbocycles. The topological polar surface area (TPSA) is 138 Å². The predicted molar refractivity (Wildman–Crippen MR) is 217 cm³/mol. The molecule has 58 heavy (non-hydrogen) atoms. The molecule has 298 valence electrons. The first kappa shape index (κ1) is 38.0. The molecule has 0 radical (unpaired) electrons. The first-order valence-corrected chi connectivity index (χ1v) is 19.9. The van der Waals surface area contributed by atoms with E-state index < -0.39 is 46.8 Å². The molecule has 12 nitrogen and oxygen atoms in total. The average molecular weight is 824 g/mol. The van der Waals surface area contributed by atoms with E-state index in [0.717, 1.165) is 23.8 Å². The van der Waals surface area contributed by atoms with Crippen LogP contribution in [0.3, 0.4) is 0 Å². The van der Waals surface area contributed by atoms with Crippen LogP contribution in [0, 0.1) is 23.7 Å². The fourth-order valence-corrected chi connectivity index (χ4v) is 10.5. The number of ether oxygens (including phenoxy) is 3. The van der Waals surface area contributed by atoms with Gasteiger partial charge in [0.05, 0.1) is 67.0 Å². The Hall–Kier alpha value is -5.56. The second-order valence-electron chi connectivity index (χ2n) is 15.2. The number of halogens is 2. The highest BCUT2D eigenvalue weighted by molar-refractivity contribution is 6.36. The first-order chi connectivity index (χ1) is 28.1. The summed E-state index contributed by atoms with van der Waals surface area (Å²) in [5, 5.41) is 13.4. The summed E-state index contributed by atoms with van der Waals surface area (Å²) >= 11 is 12.8. The number of hydrogen-bond acceptors (Lipinski definition) is 10. The molecule has 6 atom stereocenters. The van der Waals surface area contributed by atoms with Gasteiger partial charge in [0.1, 0.15) is 17.2 Å². The Kier molecular flexibility index (Phi) is 9.61. The van der Waals surface area contributed by atoms with Gasteiger partial charge in [0.2, 0.25) is 11.8 Å². The molecule has 4 fully saturated rings. The Morgan fingerprint density at radius 1 is 0.828 bits per heavy atom. The number of phenolic OH excluding ortho intramolecular Hbond substituents is 1. The third kappa shape index (κ3) is 5.75. The predicted octanol–water partition coefficient (Wildman–Crippen LogP) is 6.74. The molecule has 4 aromatic rings. The van der Waals surface area contributed by atoms with Gasteiger partial charge in [-0.2, -0.15) is 5.01 Å². The Morgan fingerprint density at radius 3 is 2.24 bits per heavy atom. The van der Waals surface area contributed by atoms with Crippen molar-refractivity contribution in [3.8, 4) is 17.2 Å². The fraction of sp³-hybridized carbons (Fsp3) is 0.318. The molecule has 5 aliphatic rings. The number of amides is 4. The van der Waals surface area contributed by atoms with E-state index in [-0.39, 0.29) is 41.1 Å². The van der Waals surface area contributed by atoms with Gasteiger partial charge in [0.25, 0.3) is 11.8 Å². The summed E-state index contributed by atoms with van der Waals surface area (Å²) in [5.41, 5.74) is 4.49. The van der Waals surface area contributed by atoms with Gasteiger partial charge in [-0.25, -0.2) is 0 Å². The molecule has 3 saturated heterocycles. The zero-order valence-corrected chi connectivity index (χ0v) is 33.2. The number of anilines is 3. The van der Waals surface area contributed by atoms with Crippen molar-refractivity contribution in [2.45, 2.75) is 24.2 Å². The third-order valence-corrected chi connectivity index (χ3v) is 13.2. The van der Waals surface area contributed by atoms with Crippen molar-refractivity contribution in [1.29, 1.82) is 0 Å². The average Bonchev–Trinajstić information content (AvgIpc) is 3.62. The number of methoxy groups -OCH3 is 2. The van der Waals surface area contributed by atoms with Crippen molar-refractivity contribution in [2.24, 2.45) is 23.7 Å². The molecule has 2 N–H and O–H groups in total. The van der Waals surface area contributed by atoms with Crippen LogP contribution >= 0.6 is 23.2 Å². The summed E-state index contributed by atoms with van der Waals surface area (Å²) in [6, 6.07) is 23.9. The van der Waals surface area contributed by atoms with E-state index in [0.29, 0.717) is 52.1 Å². The number of benzene rings is 4. The van der Waals surface area contributed by atoms with E-state index in [2.05, 4.69) is 10.3 Å². The first-order valence-electron chi connectivity index (χ1n) is 19.2. The highest BCUT2D eigenvalue weighted by Crippen LogP contribution is 2.66. The number of hydrazine groups is 1. The second kappa shape index (κ2) is 14.7. The minimum Gasteiger partial charge on any atom is -0.508 e. The zero-order chi connectivity index (χ0) is 40.5. The number of nitrogens with zero attached hydrogens (tertiary/aromatic N) is 3. The monoisotopic (exact) mass is 822 g/mol. The van der Waals surface area contributed by atoms with Crippen molar-refractivity contribution >= 4 is 63.9 Å². The lowest BCUT2D eigenvalue weighted by molar-refractivity contribution is -0.138. The van der Waals surface area contributed by atoms with E-state index in [1.807, 2.05) is 18.2 Å². The summed E-state index contributed by atoms with van der Waals surface area (Å²) in [6.45, 7) is 2.72. The Bertz CT molecular complexity index is 2370. The third-order valence-electron chi connectivity index (χ3n) is 12.6. The van der Waals surface area contributed by atoms with Crippen molar-refractivity contribution in [1.82, 2.24) is 5.01 Å². The number of morpholine rings is 1. The van der Waals surface area contributed by atoms with Crippen LogP contribution in [0.25, 0.3) is 0 Å². The van der Waals surface area contributed by atoms with E-state index in [1.54, 1.807) is 60.7 Å². The lowest BCUT2D eigenvalue weighted by atomic mass is 9.49. The van der Waals surface area contributed by atoms with Gasteiger partial charge in [0.15, 0.2) is 0 Å². The molecule has 9 rings (SSSR count). The van der Waals surface area contributed by atoms with Crippen LogP contribution in [-0.2, 0) is 29.3 Å². The number of carbonyl (C=O) groups excluding carboxylic acids is 4. The molecule has 0 bridgehead atoms. The maximum absolute atomic E-state index is 15.6. The summed E-state index contributed by atoms with van der Waals surface area (Å²) in [7, 11) is 3.01. The van der Waals surface area contributed by atoms with Crippen molar-refractivity contribution in [3.63, 3.8) is 0 Å². The molecule has 0 spiro atoms. The van der Waals surface area contributed by atoms with Gasteiger partial charge in [-0.1, -0.05) is 53.1 Å².